The predicted octanol–water partition coefficient (Wildman–Crippen LogP) is 4.74. The molecule has 2 N–H and O–H groups in total. The first-order valence-corrected chi connectivity index (χ1v) is 6.89. The molecular formula is C11H10Br2ClNS. The van der Waals surface area contributed by atoms with Crippen LogP contribution in [0.1, 0.15) is 16.5 Å². The van der Waals surface area contributed by atoms with E-state index in [-0.39, 0.29) is 18.4 Å². The Balaban J connectivity index is 0.00000128. The van der Waals surface area contributed by atoms with Gasteiger partial charge in [0, 0.05) is 13.8 Å². The van der Waals surface area contributed by atoms with Crippen LogP contribution in [0.3, 0.4) is 0 Å². The van der Waals surface area contributed by atoms with E-state index in [0.717, 1.165) is 14.5 Å². The zero-order chi connectivity index (χ0) is 10.8. The molecule has 1 heterocycles. The van der Waals surface area contributed by atoms with E-state index in [9.17, 15) is 0 Å². The summed E-state index contributed by atoms with van der Waals surface area (Å²) in [5, 5.41) is 2.04. The second-order valence-electron chi connectivity index (χ2n) is 3.16. The zero-order valence-electron chi connectivity index (χ0n) is 8.19. The Hall–Kier alpha value is 0.130. The highest BCUT2D eigenvalue weighted by Crippen LogP contribution is 2.31. The maximum Gasteiger partial charge on any atom is 0.0657 e. The first-order valence-electron chi connectivity index (χ1n) is 4.42. The van der Waals surface area contributed by atoms with Crippen LogP contribution >= 0.6 is 55.6 Å². The molecule has 2 aromatic rings. The topological polar surface area (TPSA) is 26.0 Å². The van der Waals surface area contributed by atoms with E-state index in [1.165, 1.54) is 4.88 Å². The number of benzene rings is 1. The molecule has 0 saturated heterocycles. The van der Waals surface area contributed by atoms with E-state index in [4.69, 9.17) is 5.73 Å². The van der Waals surface area contributed by atoms with Crippen LogP contribution in [0.2, 0.25) is 0 Å². The van der Waals surface area contributed by atoms with Gasteiger partial charge in [0.05, 0.1) is 6.04 Å². The minimum absolute atomic E-state index is 0. The second kappa shape index (κ2) is 6.17. The van der Waals surface area contributed by atoms with Crippen LogP contribution in [-0.2, 0) is 0 Å². The van der Waals surface area contributed by atoms with E-state index in [1.54, 1.807) is 11.3 Å². The quantitative estimate of drug-likeness (QED) is 0.796. The van der Waals surface area contributed by atoms with Gasteiger partial charge in [-0.25, -0.2) is 0 Å². The Morgan fingerprint density at radius 1 is 1.19 bits per heavy atom. The molecule has 2 rings (SSSR count). The first kappa shape index (κ1) is 14.2. The molecule has 86 valence electrons. The van der Waals surface area contributed by atoms with Crippen molar-refractivity contribution in [3.8, 4) is 0 Å². The molecule has 0 radical (unpaired) electrons. The standard InChI is InChI=1S/C11H9Br2NS.ClH/c12-7-3-4-9(13)8(6-7)11(14)10-2-1-5-15-10;/h1-6,11H,14H2;1H/t11-;/m0./s1. The van der Waals surface area contributed by atoms with Crippen molar-refractivity contribution in [3.05, 3.63) is 55.1 Å². The average Bonchev–Trinajstić information content (AvgIpc) is 2.74. The molecule has 0 unspecified atom stereocenters. The second-order valence-corrected chi connectivity index (χ2v) is 5.91. The van der Waals surface area contributed by atoms with Crippen LogP contribution in [0.4, 0.5) is 0 Å². The SMILES string of the molecule is Cl.N[C@H](c1cccs1)c1cc(Br)ccc1Br. The summed E-state index contributed by atoms with van der Waals surface area (Å²) in [5.74, 6) is 0. The predicted molar refractivity (Wildman–Crippen MR) is 79.4 cm³/mol. The average molecular weight is 384 g/mol. The minimum Gasteiger partial charge on any atom is -0.320 e. The number of hydrogen-bond acceptors (Lipinski definition) is 2. The van der Waals surface area contributed by atoms with Gasteiger partial charge in [0.25, 0.3) is 0 Å². The highest BCUT2D eigenvalue weighted by atomic mass is 79.9. The summed E-state index contributed by atoms with van der Waals surface area (Å²) in [6.45, 7) is 0. The van der Waals surface area contributed by atoms with Gasteiger partial charge in [0.2, 0.25) is 0 Å². The molecular weight excluding hydrogens is 373 g/mol. The normalized spacial score (nSPS) is 11.9. The summed E-state index contributed by atoms with van der Waals surface area (Å²) in [4.78, 5) is 1.17. The van der Waals surface area contributed by atoms with Crippen LogP contribution in [-0.4, -0.2) is 0 Å². The van der Waals surface area contributed by atoms with Gasteiger partial charge in [-0.05, 0) is 35.2 Å². The number of thiophene rings is 1. The summed E-state index contributed by atoms with van der Waals surface area (Å²) < 4.78 is 2.10. The third-order valence-electron chi connectivity index (χ3n) is 2.14. The fourth-order valence-electron chi connectivity index (χ4n) is 1.37. The lowest BCUT2D eigenvalue weighted by atomic mass is 10.1. The van der Waals surface area contributed by atoms with Crippen LogP contribution in [0, 0.1) is 0 Å². The maximum absolute atomic E-state index is 6.19. The molecule has 1 atom stereocenters. The lowest BCUT2D eigenvalue weighted by molar-refractivity contribution is 0.886. The Morgan fingerprint density at radius 3 is 2.56 bits per heavy atom. The molecule has 0 aliphatic carbocycles. The Morgan fingerprint density at radius 2 is 1.94 bits per heavy atom. The van der Waals surface area contributed by atoms with E-state index in [0.29, 0.717) is 0 Å². The molecule has 1 aromatic heterocycles. The maximum atomic E-state index is 6.19. The highest BCUT2D eigenvalue weighted by molar-refractivity contribution is 9.11. The van der Waals surface area contributed by atoms with E-state index in [2.05, 4.69) is 44.0 Å². The molecule has 1 nitrogen and oxygen atoms in total. The monoisotopic (exact) mass is 381 g/mol. The first-order chi connectivity index (χ1) is 7.18. The number of halogens is 3. The summed E-state index contributed by atoms with van der Waals surface area (Å²) in [6.07, 6.45) is 0. The third kappa shape index (κ3) is 3.08. The van der Waals surface area contributed by atoms with E-state index < -0.39 is 0 Å². The van der Waals surface area contributed by atoms with Crippen LogP contribution in [0.25, 0.3) is 0 Å². The largest absolute Gasteiger partial charge is 0.320 e. The van der Waals surface area contributed by atoms with Crippen molar-refractivity contribution in [3.63, 3.8) is 0 Å². The summed E-state index contributed by atoms with van der Waals surface area (Å²) >= 11 is 8.65. The Labute approximate surface area is 122 Å². The van der Waals surface area contributed by atoms with Crippen LogP contribution < -0.4 is 5.73 Å². The van der Waals surface area contributed by atoms with Crippen molar-refractivity contribution in [1.82, 2.24) is 0 Å². The van der Waals surface area contributed by atoms with E-state index in [1.807, 2.05) is 23.6 Å². The Kier molecular flexibility index (Phi) is 5.47. The summed E-state index contributed by atoms with van der Waals surface area (Å²) in [5.41, 5.74) is 7.29. The molecule has 0 spiro atoms. The molecule has 0 aliphatic rings. The molecule has 1 aromatic carbocycles. The molecule has 0 amide bonds. The van der Waals surface area contributed by atoms with Crippen molar-refractivity contribution in [2.24, 2.45) is 5.73 Å². The number of rotatable bonds is 2. The van der Waals surface area contributed by atoms with Gasteiger partial charge < -0.3 is 5.73 Å². The lowest BCUT2D eigenvalue weighted by Crippen LogP contribution is -2.10. The van der Waals surface area contributed by atoms with Gasteiger partial charge in [-0.3, -0.25) is 0 Å². The van der Waals surface area contributed by atoms with Crippen molar-refractivity contribution in [2.45, 2.75) is 6.04 Å². The van der Waals surface area contributed by atoms with Gasteiger partial charge in [-0.15, -0.1) is 23.7 Å². The number of hydrogen-bond donors (Lipinski definition) is 1. The molecule has 0 bridgehead atoms. The van der Waals surface area contributed by atoms with Gasteiger partial charge in [-0.1, -0.05) is 37.9 Å². The van der Waals surface area contributed by atoms with Crippen molar-refractivity contribution < 1.29 is 0 Å². The zero-order valence-corrected chi connectivity index (χ0v) is 13.0. The van der Waals surface area contributed by atoms with Crippen LogP contribution in [0.5, 0.6) is 0 Å². The van der Waals surface area contributed by atoms with E-state index >= 15 is 0 Å². The lowest BCUT2D eigenvalue weighted by Gasteiger charge is -2.12. The Bertz CT molecular complexity index is 459. The van der Waals surface area contributed by atoms with Gasteiger partial charge in [-0.2, -0.15) is 0 Å². The smallest absolute Gasteiger partial charge is 0.0657 e. The van der Waals surface area contributed by atoms with Crippen molar-refractivity contribution >= 4 is 55.6 Å². The summed E-state index contributed by atoms with van der Waals surface area (Å²) in [6, 6.07) is 10.1. The molecule has 0 fully saturated rings. The van der Waals surface area contributed by atoms with Crippen molar-refractivity contribution in [1.29, 1.82) is 0 Å². The molecule has 5 heteroatoms. The summed E-state index contributed by atoms with van der Waals surface area (Å²) in [7, 11) is 0. The third-order valence-corrected chi connectivity index (χ3v) is 4.31. The van der Waals surface area contributed by atoms with Crippen LogP contribution in [0.15, 0.2) is 44.7 Å². The molecule has 16 heavy (non-hydrogen) atoms. The number of nitrogens with two attached hydrogens (primary N) is 1. The molecule has 0 saturated carbocycles. The van der Waals surface area contributed by atoms with Gasteiger partial charge in [0.1, 0.15) is 0 Å². The minimum atomic E-state index is -0.0584. The van der Waals surface area contributed by atoms with Gasteiger partial charge in [0.15, 0.2) is 0 Å². The van der Waals surface area contributed by atoms with Gasteiger partial charge >= 0.3 is 0 Å². The molecule has 0 aliphatic heterocycles. The fraction of sp³-hybridized carbons (Fsp3) is 0.0909. The highest BCUT2D eigenvalue weighted by Gasteiger charge is 2.13. The van der Waals surface area contributed by atoms with Crippen molar-refractivity contribution in [2.75, 3.05) is 0 Å². The fourth-order valence-corrected chi connectivity index (χ4v) is 2.99.